The Kier molecular flexibility index (Phi) is 4.09. The van der Waals surface area contributed by atoms with Crippen LogP contribution in [0.5, 0.6) is 0 Å². The van der Waals surface area contributed by atoms with Crippen LogP contribution in [-0.4, -0.2) is 40.0 Å². The molecule has 0 saturated carbocycles. The van der Waals surface area contributed by atoms with Crippen molar-refractivity contribution in [3.05, 3.63) is 0 Å². The molecule has 0 aromatic rings. The Hall–Kier alpha value is -1.59. The number of aliphatic carboxylic acids is 1. The van der Waals surface area contributed by atoms with Crippen LogP contribution in [0.1, 0.15) is 39.5 Å². The molecule has 0 spiro atoms. The number of nitrogens with one attached hydrogen (secondary N) is 1. The largest absolute Gasteiger partial charge is 0.481 e. The number of carboxylic acids is 1. The van der Waals surface area contributed by atoms with E-state index in [0.29, 0.717) is 6.42 Å². The smallest absolute Gasteiger partial charge is 0.325 e. The number of unbranched alkanes of at least 4 members (excludes halogenated alkanes) is 1. The van der Waals surface area contributed by atoms with E-state index in [9.17, 15) is 14.4 Å². The number of imide groups is 1. The fourth-order valence-corrected chi connectivity index (χ4v) is 1.86. The van der Waals surface area contributed by atoms with Crippen LogP contribution in [-0.2, 0) is 9.59 Å². The van der Waals surface area contributed by atoms with E-state index in [-0.39, 0.29) is 18.9 Å². The summed E-state index contributed by atoms with van der Waals surface area (Å²) < 4.78 is 0. The highest BCUT2D eigenvalue weighted by atomic mass is 16.4. The Balaban J connectivity index is 2.67. The molecule has 0 aliphatic carbocycles. The second-order valence-corrected chi connectivity index (χ2v) is 4.47. The predicted octanol–water partition coefficient (Wildman–Crippen LogP) is 0.962. The average Bonchev–Trinajstić information content (AvgIpc) is 2.45. The van der Waals surface area contributed by atoms with Gasteiger partial charge in [0.15, 0.2) is 0 Å². The fourth-order valence-electron chi connectivity index (χ4n) is 1.86. The average molecular weight is 242 g/mol. The Bertz CT molecular complexity index is 342. The minimum Gasteiger partial charge on any atom is -0.481 e. The second-order valence-electron chi connectivity index (χ2n) is 4.47. The maximum Gasteiger partial charge on any atom is 0.325 e. The van der Waals surface area contributed by atoms with Crippen LogP contribution in [0.3, 0.4) is 0 Å². The lowest BCUT2D eigenvalue weighted by molar-refractivity contribution is -0.138. The normalized spacial score (nSPS) is 24.0. The van der Waals surface area contributed by atoms with Crippen LogP contribution in [0.2, 0.25) is 0 Å². The third kappa shape index (κ3) is 2.95. The quantitative estimate of drug-likeness (QED) is 0.679. The molecule has 1 saturated heterocycles. The van der Waals surface area contributed by atoms with E-state index in [2.05, 4.69) is 5.32 Å². The molecule has 1 aliphatic rings. The summed E-state index contributed by atoms with van der Waals surface area (Å²) in [6.45, 7) is 3.62. The van der Waals surface area contributed by atoms with Crippen LogP contribution < -0.4 is 5.32 Å². The van der Waals surface area contributed by atoms with Crippen molar-refractivity contribution in [1.82, 2.24) is 10.2 Å². The number of carbonyl (C=O) groups excluding carboxylic acids is 2. The van der Waals surface area contributed by atoms with Crippen molar-refractivity contribution < 1.29 is 19.5 Å². The number of hydrogen-bond donors (Lipinski definition) is 2. The first-order valence-electron chi connectivity index (χ1n) is 5.76. The number of amides is 3. The molecule has 6 heteroatoms. The van der Waals surface area contributed by atoms with Gasteiger partial charge in [0, 0.05) is 6.54 Å². The molecule has 1 rings (SSSR count). The van der Waals surface area contributed by atoms with E-state index in [0.717, 1.165) is 17.7 Å². The summed E-state index contributed by atoms with van der Waals surface area (Å²) in [7, 11) is 0. The van der Waals surface area contributed by atoms with Crippen molar-refractivity contribution in [2.75, 3.05) is 6.54 Å². The Labute approximate surface area is 100.0 Å². The van der Waals surface area contributed by atoms with Crippen LogP contribution in [0.25, 0.3) is 0 Å². The van der Waals surface area contributed by atoms with E-state index in [1.165, 1.54) is 0 Å². The molecule has 0 aromatic heterocycles. The standard InChI is InChI=1S/C11H18N2O4/c1-3-4-6-11(2)9(16)13(10(17)12-11)7-5-8(14)15/h3-7H2,1-2H3,(H,12,17)(H,14,15). The zero-order valence-corrected chi connectivity index (χ0v) is 10.2. The van der Waals surface area contributed by atoms with Crippen LogP contribution in [0.4, 0.5) is 4.79 Å². The molecular formula is C11H18N2O4. The molecule has 17 heavy (non-hydrogen) atoms. The molecule has 1 aliphatic heterocycles. The zero-order chi connectivity index (χ0) is 13.1. The molecule has 1 unspecified atom stereocenters. The maximum absolute atomic E-state index is 12.0. The third-order valence-electron chi connectivity index (χ3n) is 2.92. The third-order valence-corrected chi connectivity index (χ3v) is 2.92. The molecule has 0 bridgehead atoms. The lowest BCUT2D eigenvalue weighted by Crippen LogP contribution is -2.43. The van der Waals surface area contributed by atoms with Crippen molar-refractivity contribution in [2.45, 2.75) is 45.1 Å². The molecule has 96 valence electrons. The minimum atomic E-state index is -1.02. The van der Waals surface area contributed by atoms with Gasteiger partial charge in [-0.2, -0.15) is 0 Å². The number of carboxylic acid groups (broad SMARTS) is 1. The highest BCUT2D eigenvalue weighted by Gasteiger charge is 2.46. The molecule has 1 atom stereocenters. The number of rotatable bonds is 6. The summed E-state index contributed by atoms with van der Waals surface area (Å²) in [5.41, 5.74) is -0.869. The topological polar surface area (TPSA) is 86.7 Å². The Morgan fingerprint density at radius 1 is 1.47 bits per heavy atom. The molecule has 3 amide bonds. The van der Waals surface area contributed by atoms with Crippen molar-refractivity contribution >= 4 is 17.9 Å². The van der Waals surface area contributed by atoms with Gasteiger partial charge >= 0.3 is 12.0 Å². The molecule has 1 heterocycles. The summed E-state index contributed by atoms with van der Waals surface area (Å²) >= 11 is 0. The molecule has 1 fully saturated rings. The number of hydrogen-bond acceptors (Lipinski definition) is 3. The molecule has 0 radical (unpaired) electrons. The molecule has 6 nitrogen and oxygen atoms in total. The van der Waals surface area contributed by atoms with Gasteiger partial charge in [-0.3, -0.25) is 14.5 Å². The van der Waals surface area contributed by atoms with Crippen LogP contribution in [0, 0.1) is 0 Å². The summed E-state index contributed by atoms with van der Waals surface area (Å²) in [6.07, 6.45) is 2.14. The fraction of sp³-hybridized carbons (Fsp3) is 0.727. The number of carbonyl (C=O) groups is 3. The Morgan fingerprint density at radius 3 is 2.65 bits per heavy atom. The van der Waals surface area contributed by atoms with Crippen molar-refractivity contribution in [3.63, 3.8) is 0 Å². The van der Waals surface area contributed by atoms with E-state index >= 15 is 0 Å². The summed E-state index contributed by atoms with van der Waals surface area (Å²) in [5.74, 6) is -1.34. The summed E-state index contributed by atoms with van der Waals surface area (Å²) in [5, 5.41) is 11.2. The molecule has 2 N–H and O–H groups in total. The van der Waals surface area contributed by atoms with Gasteiger partial charge in [-0.25, -0.2) is 4.79 Å². The van der Waals surface area contributed by atoms with Gasteiger partial charge in [-0.05, 0) is 13.3 Å². The van der Waals surface area contributed by atoms with Gasteiger partial charge in [0.1, 0.15) is 5.54 Å². The SMILES string of the molecule is CCCCC1(C)NC(=O)N(CCC(=O)O)C1=O. The molecular weight excluding hydrogens is 224 g/mol. The minimum absolute atomic E-state index is 0.0677. The monoisotopic (exact) mass is 242 g/mol. The highest BCUT2D eigenvalue weighted by Crippen LogP contribution is 2.23. The lowest BCUT2D eigenvalue weighted by Gasteiger charge is -2.21. The summed E-state index contributed by atoms with van der Waals surface area (Å²) in [6, 6.07) is -0.491. The highest BCUT2D eigenvalue weighted by molar-refractivity contribution is 6.06. The van der Waals surface area contributed by atoms with Crippen LogP contribution >= 0.6 is 0 Å². The van der Waals surface area contributed by atoms with Gasteiger partial charge < -0.3 is 10.4 Å². The zero-order valence-electron chi connectivity index (χ0n) is 10.2. The van der Waals surface area contributed by atoms with Gasteiger partial charge in [0.05, 0.1) is 6.42 Å². The lowest BCUT2D eigenvalue weighted by atomic mass is 9.95. The van der Waals surface area contributed by atoms with E-state index in [1.54, 1.807) is 6.92 Å². The van der Waals surface area contributed by atoms with E-state index in [1.807, 2.05) is 6.92 Å². The van der Waals surface area contributed by atoms with Gasteiger partial charge in [-0.1, -0.05) is 19.8 Å². The maximum atomic E-state index is 12.0. The van der Waals surface area contributed by atoms with Gasteiger partial charge in [0.2, 0.25) is 0 Å². The van der Waals surface area contributed by atoms with Gasteiger partial charge in [0.25, 0.3) is 5.91 Å². The number of nitrogens with zero attached hydrogens (tertiary/aromatic N) is 1. The van der Waals surface area contributed by atoms with Crippen LogP contribution in [0.15, 0.2) is 0 Å². The predicted molar refractivity (Wildman–Crippen MR) is 60.4 cm³/mol. The Morgan fingerprint density at radius 2 is 2.12 bits per heavy atom. The molecule has 0 aromatic carbocycles. The second kappa shape index (κ2) is 5.16. The van der Waals surface area contributed by atoms with Crippen molar-refractivity contribution in [2.24, 2.45) is 0 Å². The first-order chi connectivity index (χ1) is 7.90. The summed E-state index contributed by atoms with van der Waals surface area (Å²) in [4.78, 5) is 35.0. The van der Waals surface area contributed by atoms with Gasteiger partial charge in [-0.15, -0.1) is 0 Å². The first-order valence-corrected chi connectivity index (χ1v) is 5.76. The van der Waals surface area contributed by atoms with Crippen molar-refractivity contribution in [1.29, 1.82) is 0 Å². The number of urea groups is 1. The first kappa shape index (κ1) is 13.5. The van der Waals surface area contributed by atoms with E-state index in [4.69, 9.17) is 5.11 Å². The van der Waals surface area contributed by atoms with Crippen molar-refractivity contribution in [3.8, 4) is 0 Å². The van der Waals surface area contributed by atoms with E-state index < -0.39 is 17.5 Å².